The van der Waals surface area contributed by atoms with Crippen molar-refractivity contribution >= 4 is 0 Å². The van der Waals surface area contributed by atoms with Gasteiger partial charge in [0.25, 0.3) is 0 Å². The molecule has 1 aromatic rings. The molecule has 2 N–H and O–H groups in total. The number of hydrogen-bond acceptors (Lipinski definition) is 2. The molecule has 1 aromatic carbocycles. The zero-order chi connectivity index (χ0) is 9.26. The van der Waals surface area contributed by atoms with Gasteiger partial charge < -0.3 is 0 Å². The highest BCUT2D eigenvalue weighted by molar-refractivity contribution is 5.29. The summed E-state index contributed by atoms with van der Waals surface area (Å²) in [4.78, 5) is 0. The Kier molecular flexibility index (Phi) is 2.34. The molecule has 1 aliphatic rings. The quantitative estimate of drug-likeness (QED) is 0.663. The van der Waals surface area contributed by atoms with E-state index in [1.165, 1.54) is 24.0 Å². The van der Waals surface area contributed by atoms with Crippen molar-refractivity contribution in [2.45, 2.75) is 25.8 Å². The lowest BCUT2D eigenvalue weighted by molar-refractivity contribution is 0.265. The minimum Gasteiger partial charge on any atom is -0.268 e. The van der Waals surface area contributed by atoms with Crippen molar-refractivity contribution < 1.29 is 0 Å². The van der Waals surface area contributed by atoms with Gasteiger partial charge in [0.1, 0.15) is 0 Å². The Morgan fingerprint density at radius 1 is 1.38 bits per heavy atom. The van der Waals surface area contributed by atoms with Gasteiger partial charge in [-0.15, -0.1) is 0 Å². The molecule has 0 saturated carbocycles. The molecule has 2 nitrogen and oxygen atoms in total. The largest absolute Gasteiger partial charge is 0.268 e. The van der Waals surface area contributed by atoms with E-state index in [1.807, 2.05) is 5.01 Å². The number of rotatable bonds is 1. The number of hydrazine groups is 1. The van der Waals surface area contributed by atoms with E-state index in [0.717, 1.165) is 6.54 Å². The Morgan fingerprint density at radius 2 is 2.15 bits per heavy atom. The van der Waals surface area contributed by atoms with Crippen LogP contribution in [0.2, 0.25) is 0 Å². The molecule has 70 valence electrons. The van der Waals surface area contributed by atoms with Crippen molar-refractivity contribution in [3.63, 3.8) is 0 Å². The molecule has 0 spiro atoms. The fourth-order valence-electron chi connectivity index (χ4n) is 2.08. The number of hydrogen-bond donors (Lipinski definition) is 1. The van der Waals surface area contributed by atoms with Crippen LogP contribution in [-0.4, -0.2) is 11.6 Å². The Hall–Kier alpha value is -0.860. The lowest BCUT2D eigenvalue weighted by Crippen LogP contribution is -2.30. The topological polar surface area (TPSA) is 29.3 Å². The van der Waals surface area contributed by atoms with Crippen molar-refractivity contribution in [2.75, 3.05) is 6.54 Å². The van der Waals surface area contributed by atoms with Crippen LogP contribution in [0, 0.1) is 6.92 Å². The third-order valence-corrected chi connectivity index (χ3v) is 2.84. The van der Waals surface area contributed by atoms with Gasteiger partial charge in [-0.25, -0.2) is 5.01 Å². The van der Waals surface area contributed by atoms with Gasteiger partial charge in [0.15, 0.2) is 0 Å². The molecule has 0 radical (unpaired) electrons. The second kappa shape index (κ2) is 3.48. The molecule has 0 aromatic heterocycles. The van der Waals surface area contributed by atoms with E-state index in [-0.39, 0.29) is 0 Å². The summed E-state index contributed by atoms with van der Waals surface area (Å²) in [6.45, 7) is 3.18. The second-order valence-electron chi connectivity index (χ2n) is 3.75. The zero-order valence-corrected chi connectivity index (χ0v) is 8.03. The van der Waals surface area contributed by atoms with E-state index >= 15 is 0 Å². The van der Waals surface area contributed by atoms with Crippen LogP contribution in [0.25, 0.3) is 0 Å². The normalized spacial score (nSPS) is 23.7. The van der Waals surface area contributed by atoms with Crippen molar-refractivity contribution in [1.82, 2.24) is 5.01 Å². The predicted molar refractivity (Wildman–Crippen MR) is 54.0 cm³/mol. The molecule has 0 bridgehead atoms. The molecular formula is C11H16N2. The molecule has 1 atom stereocenters. The second-order valence-corrected chi connectivity index (χ2v) is 3.75. The Morgan fingerprint density at radius 3 is 2.77 bits per heavy atom. The first-order valence-corrected chi connectivity index (χ1v) is 4.86. The average molecular weight is 176 g/mol. The molecule has 0 aliphatic carbocycles. The minimum absolute atomic E-state index is 0.446. The third-order valence-electron chi connectivity index (χ3n) is 2.84. The fourth-order valence-corrected chi connectivity index (χ4v) is 2.08. The van der Waals surface area contributed by atoms with Crippen molar-refractivity contribution in [1.29, 1.82) is 0 Å². The SMILES string of the molecule is Cc1ccccc1C1CCCN1N. The monoisotopic (exact) mass is 176 g/mol. The van der Waals surface area contributed by atoms with Crippen molar-refractivity contribution in [3.05, 3.63) is 35.4 Å². The Labute approximate surface area is 79.3 Å². The molecule has 2 heteroatoms. The number of aryl methyl sites for hydroxylation is 1. The van der Waals surface area contributed by atoms with Crippen LogP contribution in [-0.2, 0) is 0 Å². The van der Waals surface area contributed by atoms with E-state index in [0.29, 0.717) is 6.04 Å². The van der Waals surface area contributed by atoms with Gasteiger partial charge >= 0.3 is 0 Å². The van der Waals surface area contributed by atoms with Gasteiger partial charge in [0, 0.05) is 12.6 Å². The third kappa shape index (κ3) is 1.60. The first-order chi connectivity index (χ1) is 6.29. The van der Waals surface area contributed by atoms with Crippen molar-refractivity contribution in [2.24, 2.45) is 5.84 Å². The highest BCUT2D eigenvalue weighted by Gasteiger charge is 2.23. The van der Waals surface area contributed by atoms with Gasteiger partial charge in [0.2, 0.25) is 0 Å². The van der Waals surface area contributed by atoms with Crippen LogP contribution in [0.1, 0.15) is 30.0 Å². The van der Waals surface area contributed by atoms with Gasteiger partial charge in [-0.1, -0.05) is 24.3 Å². The summed E-state index contributed by atoms with van der Waals surface area (Å²) in [6.07, 6.45) is 2.41. The lowest BCUT2D eigenvalue weighted by Gasteiger charge is -2.20. The van der Waals surface area contributed by atoms with Crippen LogP contribution >= 0.6 is 0 Å². The molecule has 1 fully saturated rings. The maximum absolute atomic E-state index is 5.91. The minimum atomic E-state index is 0.446. The van der Waals surface area contributed by atoms with E-state index < -0.39 is 0 Å². The summed E-state index contributed by atoms with van der Waals surface area (Å²) in [6, 6.07) is 8.96. The maximum Gasteiger partial charge on any atom is 0.0493 e. The highest BCUT2D eigenvalue weighted by atomic mass is 15.4. The number of nitrogens with zero attached hydrogens (tertiary/aromatic N) is 1. The molecular weight excluding hydrogens is 160 g/mol. The predicted octanol–water partition coefficient (Wildman–Crippen LogP) is 2.01. The summed E-state index contributed by atoms with van der Waals surface area (Å²) in [5.41, 5.74) is 2.74. The average Bonchev–Trinajstić information content (AvgIpc) is 2.52. The van der Waals surface area contributed by atoms with Gasteiger partial charge in [-0.3, -0.25) is 5.84 Å². The van der Waals surface area contributed by atoms with Crippen LogP contribution in [0.3, 0.4) is 0 Å². The molecule has 0 amide bonds. The van der Waals surface area contributed by atoms with Crippen LogP contribution in [0.15, 0.2) is 24.3 Å². The van der Waals surface area contributed by atoms with Crippen LogP contribution < -0.4 is 5.84 Å². The summed E-state index contributed by atoms with van der Waals surface area (Å²) < 4.78 is 0. The van der Waals surface area contributed by atoms with Gasteiger partial charge in [-0.05, 0) is 30.9 Å². The zero-order valence-electron chi connectivity index (χ0n) is 8.03. The standard InChI is InChI=1S/C11H16N2/c1-9-5-2-3-6-10(9)11-7-4-8-13(11)12/h2-3,5-6,11H,4,7-8,12H2,1H3. The van der Waals surface area contributed by atoms with Crippen molar-refractivity contribution in [3.8, 4) is 0 Å². The summed E-state index contributed by atoms with van der Waals surface area (Å²) in [5.74, 6) is 5.91. The van der Waals surface area contributed by atoms with Gasteiger partial charge in [0.05, 0.1) is 0 Å². The summed E-state index contributed by atoms with van der Waals surface area (Å²) >= 11 is 0. The van der Waals surface area contributed by atoms with Crippen LogP contribution in [0.4, 0.5) is 0 Å². The molecule has 1 unspecified atom stereocenters. The number of benzene rings is 1. The smallest absolute Gasteiger partial charge is 0.0493 e. The summed E-state index contributed by atoms with van der Waals surface area (Å²) in [7, 11) is 0. The summed E-state index contributed by atoms with van der Waals surface area (Å²) in [5, 5.41) is 1.96. The molecule has 1 heterocycles. The lowest BCUT2D eigenvalue weighted by atomic mass is 10.0. The first-order valence-electron chi connectivity index (χ1n) is 4.86. The fraction of sp³-hybridized carbons (Fsp3) is 0.455. The highest BCUT2D eigenvalue weighted by Crippen LogP contribution is 2.30. The molecule has 1 saturated heterocycles. The molecule has 2 rings (SSSR count). The van der Waals surface area contributed by atoms with E-state index in [9.17, 15) is 0 Å². The Bertz CT molecular complexity index is 296. The van der Waals surface area contributed by atoms with E-state index in [1.54, 1.807) is 0 Å². The number of nitrogens with two attached hydrogens (primary N) is 1. The molecule has 13 heavy (non-hydrogen) atoms. The van der Waals surface area contributed by atoms with E-state index in [4.69, 9.17) is 5.84 Å². The first kappa shape index (κ1) is 8.73. The van der Waals surface area contributed by atoms with E-state index in [2.05, 4.69) is 31.2 Å². The molecule has 1 aliphatic heterocycles. The maximum atomic E-state index is 5.91. The Balaban J connectivity index is 2.29. The van der Waals surface area contributed by atoms with Crippen LogP contribution in [0.5, 0.6) is 0 Å². The van der Waals surface area contributed by atoms with Gasteiger partial charge in [-0.2, -0.15) is 0 Å².